The van der Waals surface area contributed by atoms with Crippen LogP contribution in [0.4, 0.5) is 4.39 Å². The van der Waals surface area contributed by atoms with Crippen molar-refractivity contribution >= 4 is 22.8 Å². The van der Waals surface area contributed by atoms with Gasteiger partial charge in [-0.3, -0.25) is 9.36 Å². The average molecular weight is 517 g/mol. The van der Waals surface area contributed by atoms with Crippen LogP contribution in [-0.4, -0.2) is 18.7 Å². The first-order valence-corrected chi connectivity index (χ1v) is 12.3. The molecule has 0 saturated carbocycles. The standard InChI is InChI=1S/C29H26ClFN4O2/c1-29(2,3)21-8-4-19(5-9-21)16-33-18-32-26-25(33)27(36)34(17-20-6-12-23(31)13-7-20)28(37)35(26)24-14-10-22(30)11-15-24/h4-15,18H,16-17H2,1-3H3. The molecule has 0 atom stereocenters. The molecule has 0 aliphatic carbocycles. The molecule has 6 nitrogen and oxygen atoms in total. The minimum absolute atomic E-state index is 0.00701. The number of rotatable bonds is 5. The molecule has 0 spiro atoms. The van der Waals surface area contributed by atoms with Crippen LogP contribution < -0.4 is 11.2 Å². The summed E-state index contributed by atoms with van der Waals surface area (Å²) in [7, 11) is 0. The lowest BCUT2D eigenvalue weighted by molar-refractivity contribution is 0.590. The van der Waals surface area contributed by atoms with E-state index in [9.17, 15) is 14.0 Å². The fourth-order valence-electron chi connectivity index (χ4n) is 4.34. The molecule has 3 aromatic carbocycles. The van der Waals surface area contributed by atoms with Gasteiger partial charge in [-0.05, 0) is 58.5 Å². The number of benzene rings is 3. The summed E-state index contributed by atoms with van der Waals surface area (Å²) < 4.78 is 17.8. The molecule has 0 bridgehead atoms. The number of hydrogen-bond donors (Lipinski definition) is 0. The SMILES string of the molecule is CC(C)(C)c1ccc(Cn2cnc3c2c(=O)n(Cc2ccc(F)cc2)c(=O)n3-c2ccc(Cl)cc2)cc1. The summed E-state index contributed by atoms with van der Waals surface area (Å²) in [4.78, 5) is 31.8. The van der Waals surface area contributed by atoms with Crippen LogP contribution in [0.25, 0.3) is 16.9 Å². The van der Waals surface area contributed by atoms with Crippen LogP contribution in [0.15, 0.2) is 88.7 Å². The van der Waals surface area contributed by atoms with Gasteiger partial charge in [-0.2, -0.15) is 0 Å². The van der Waals surface area contributed by atoms with Gasteiger partial charge < -0.3 is 4.57 Å². The van der Waals surface area contributed by atoms with Crippen molar-refractivity contribution in [1.82, 2.24) is 18.7 Å². The van der Waals surface area contributed by atoms with Gasteiger partial charge in [0.05, 0.1) is 18.6 Å². The molecular weight excluding hydrogens is 491 g/mol. The summed E-state index contributed by atoms with van der Waals surface area (Å²) in [5.74, 6) is -0.388. The summed E-state index contributed by atoms with van der Waals surface area (Å²) in [5.41, 5.74) is 2.98. The van der Waals surface area contributed by atoms with Crippen molar-refractivity contribution in [3.8, 4) is 5.69 Å². The molecule has 2 heterocycles. The number of nitrogens with zero attached hydrogens (tertiary/aromatic N) is 4. The second kappa shape index (κ2) is 9.48. The van der Waals surface area contributed by atoms with Gasteiger partial charge in [0.2, 0.25) is 0 Å². The quantitative estimate of drug-likeness (QED) is 0.308. The van der Waals surface area contributed by atoms with E-state index in [1.807, 2.05) is 12.1 Å². The van der Waals surface area contributed by atoms with Crippen LogP contribution in [0.1, 0.15) is 37.5 Å². The van der Waals surface area contributed by atoms with Crippen molar-refractivity contribution in [3.05, 3.63) is 127 Å². The summed E-state index contributed by atoms with van der Waals surface area (Å²) in [6, 6.07) is 20.8. The van der Waals surface area contributed by atoms with E-state index >= 15 is 0 Å². The van der Waals surface area contributed by atoms with E-state index in [1.165, 1.54) is 22.3 Å². The molecule has 5 aromatic rings. The van der Waals surface area contributed by atoms with Gasteiger partial charge in [-0.1, -0.05) is 68.8 Å². The Balaban J connectivity index is 1.68. The smallest absolute Gasteiger partial charge is 0.320 e. The maximum Gasteiger partial charge on any atom is 0.337 e. The fourth-order valence-corrected chi connectivity index (χ4v) is 4.47. The lowest BCUT2D eigenvalue weighted by atomic mass is 9.87. The molecule has 0 unspecified atom stereocenters. The molecule has 0 radical (unpaired) electrons. The molecule has 0 aliphatic heterocycles. The molecule has 8 heteroatoms. The molecule has 5 rings (SSSR count). The van der Waals surface area contributed by atoms with Crippen LogP contribution in [0.3, 0.4) is 0 Å². The van der Waals surface area contributed by atoms with Crippen molar-refractivity contribution in [2.45, 2.75) is 39.3 Å². The number of fused-ring (bicyclic) bond motifs is 1. The zero-order chi connectivity index (χ0) is 26.3. The van der Waals surface area contributed by atoms with E-state index in [4.69, 9.17) is 11.6 Å². The predicted molar refractivity (Wildman–Crippen MR) is 144 cm³/mol. The van der Waals surface area contributed by atoms with Gasteiger partial charge in [0.15, 0.2) is 11.2 Å². The Labute approximate surface area is 218 Å². The van der Waals surface area contributed by atoms with E-state index in [-0.39, 0.29) is 23.4 Å². The molecule has 0 saturated heterocycles. The molecule has 37 heavy (non-hydrogen) atoms. The lowest BCUT2D eigenvalue weighted by Gasteiger charge is -2.19. The van der Waals surface area contributed by atoms with Crippen molar-refractivity contribution in [2.24, 2.45) is 0 Å². The first-order chi connectivity index (χ1) is 17.6. The maximum absolute atomic E-state index is 13.7. The molecular formula is C29H26ClFN4O2. The molecule has 0 amide bonds. The largest absolute Gasteiger partial charge is 0.337 e. The van der Waals surface area contributed by atoms with Gasteiger partial charge in [-0.25, -0.2) is 18.7 Å². The van der Waals surface area contributed by atoms with E-state index < -0.39 is 11.2 Å². The lowest BCUT2D eigenvalue weighted by Crippen LogP contribution is -2.40. The Bertz CT molecular complexity index is 1690. The van der Waals surface area contributed by atoms with Crippen LogP contribution in [0, 0.1) is 5.82 Å². The van der Waals surface area contributed by atoms with Crippen LogP contribution >= 0.6 is 11.6 Å². The highest BCUT2D eigenvalue weighted by Crippen LogP contribution is 2.23. The summed E-state index contributed by atoms with van der Waals surface area (Å²) in [6.45, 7) is 6.87. The molecule has 0 fully saturated rings. The first kappa shape index (κ1) is 24.7. The summed E-state index contributed by atoms with van der Waals surface area (Å²) >= 11 is 6.07. The molecule has 188 valence electrons. The van der Waals surface area contributed by atoms with Crippen LogP contribution in [-0.2, 0) is 18.5 Å². The monoisotopic (exact) mass is 516 g/mol. The number of hydrogen-bond acceptors (Lipinski definition) is 3. The Morgan fingerprint density at radius 2 is 1.43 bits per heavy atom. The fraction of sp³-hybridized carbons (Fsp3) is 0.207. The van der Waals surface area contributed by atoms with Gasteiger partial charge in [0, 0.05) is 11.6 Å². The van der Waals surface area contributed by atoms with E-state index in [0.717, 1.165) is 10.1 Å². The predicted octanol–water partition coefficient (Wildman–Crippen LogP) is 5.54. The minimum atomic E-state index is -0.538. The topological polar surface area (TPSA) is 61.8 Å². The second-order valence-corrected chi connectivity index (χ2v) is 10.5. The van der Waals surface area contributed by atoms with Gasteiger partial charge in [-0.15, -0.1) is 0 Å². The number of aromatic nitrogens is 4. The number of imidazole rings is 1. The highest BCUT2D eigenvalue weighted by atomic mass is 35.5. The Morgan fingerprint density at radius 1 is 0.838 bits per heavy atom. The molecule has 0 aliphatic rings. The van der Waals surface area contributed by atoms with E-state index in [1.54, 1.807) is 47.3 Å². The van der Waals surface area contributed by atoms with Gasteiger partial charge in [0.25, 0.3) is 5.56 Å². The number of halogens is 2. The van der Waals surface area contributed by atoms with Crippen molar-refractivity contribution in [1.29, 1.82) is 0 Å². The third kappa shape index (κ3) is 4.87. The zero-order valence-electron chi connectivity index (χ0n) is 20.8. The Kier molecular flexibility index (Phi) is 6.33. The molecule has 2 aromatic heterocycles. The molecule has 0 N–H and O–H groups in total. The third-order valence-corrected chi connectivity index (χ3v) is 6.66. The Hall–Kier alpha value is -3.97. The summed E-state index contributed by atoms with van der Waals surface area (Å²) in [5, 5.41) is 0.525. The highest BCUT2D eigenvalue weighted by Gasteiger charge is 2.20. The summed E-state index contributed by atoms with van der Waals surface area (Å²) in [6.07, 6.45) is 1.58. The maximum atomic E-state index is 13.7. The van der Waals surface area contributed by atoms with E-state index in [2.05, 4.69) is 37.9 Å². The second-order valence-electron chi connectivity index (χ2n) is 10.1. The average Bonchev–Trinajstić information content (AvgIpc) is 3.27. The zero-order valence-corrected chi connectivity index (χ0v) is 21.5. The first-order valence-electron chi connectivity index (χ1n) is 11.9. The van der Waals surface area contributed by atoms with Crippen molar-refractivity contribution in [2.75, 3.05) is 0 Å². The van der Waals surface area contributed by atoms with Gasteiger partial charge >= 0.3 is 5.69 Å². The van der Waals surface area contributed by atoms with Crippen molar-refractivity contribution in [3.63, 3.8) is 0 Å². The Morgan fingerprint density at radius 3 is 2.05 bits per heavy atom. The minimum Gasteiger partial charge on any atom is -0.320 e. The third-order valence-electron chi connectivity index (χ3n) is 6.41. The van der Waals surface area contributed by atoms with Crippen molar-refractivity contribution < 1.29 is 4.39 Å². The van der Waals surface area contributed by atoms with Gasteiger partial charge in [0.1, 0.15) is 5.82 Å². The normalized spacial score (nSPS) is 11.8. The van der Waals surface area contributed by atoms with Crippen LogP contribution in [0.2, 0.25) is 5.02 Å². The highest BCUT2D eigenvalue weighted by molar-refractivity contribution is 6.30. The van der Waals surface area contributed by atoms with Crippen LogP contribution in [0.5, 0.6) is 0 Å². The van der Waals surface area contributed by atoms with E-state index in [0.29, 0.717) is 28.3 Å².